The van der Waals surface area contributed by atoms with E-state index in [-0.39, 0.29) is 6.03 Å². The quantitative estimate of drug-likeness (QED) is 0.888. The van der Waals surface area contributed by atoms with Crippen LogP contribution in [0.2, 0.25) is 0 Å². The van der Waals surface area contributed by atoms with Crippen molar-refractivity contribution < 1.29 is 4.79 Å². The van der Waals surface area contributed by atoms with Gasteiger partial charge in [0.25, 0.3) is 0 Å². The zero-order valence-electron chi connectivity index (χ0n) is 11.6. The van der Waals surface area contributed by atoms with Crippen LogP contribution in [0.3, 0.4) is 0 Å². The Morgan fingerprint density at radius 3 is 2.71 bits per heavy atom. The Morgan fingerprint density at radius 1 is 1.33 bits per heavy atom. The molecule has 0 aromatic carbocycles. The van der Waals surface area contributed by atoms with E-state index in [1.807, 2.05) is 24.4 Å². The van der Waals surface area contributed by atoms with E-state index in [1.54, 1.807) is 22.0 Å². The maximum atomic E-state index is 11.1. The molecule has 3 N–H and O–H groups in total. The molecule has 1 saturated heterocycles. The van der Waals surface area contributed by atoms with E-state index in [9.17, 15) is 4.79 Å². The molecule has 1 aliphatic rings. The van der Waals surface area contributed by atoms with E-state index < -0.39 is 0 Å². The number of nitrogens with two attached hydrogens (primary N) is 1. The van der Waals surface area contributed by atoms with Gasteiger partial charge in [0.15, 0.2) is 5.82 Å². The third-order valence-corrected chi connectivity index (χ3v) is 3.66. The molecule has 0 radical (unpaired) electrons. The number of carbonyl (C=O) groups is 1. The molecule has 2 aromatic rings. The molecule has 1 aliphatic heterocycles. The number of nitrogens with one attached hydrogen (secondary N) is 1. The minimum absolute atomic E-state index is 0.335. The molecule has 3 heterocycles. The lowest BCUT2D eigenvalue weighted by Crippen LogP contribution is -2.44. The number of aromatic nitrogens is 3. The number of amides is 2. The average molecular weight is 286 g/mol. The summed E-state index contributed by atoms with van der Waals surface area (Å²) in [5.74, 6) is 0.786. The van der Waals surface area contributed by atoms with Gasteiger partial charge < -0.3 is 16.0 Å². The van der Waals surface area contributed by atoms with Crippen LogP contribution < -0.4 is 11.1 Å². The van der Waals surface area contributed by atoms with Crippen molar-refractivity contribution in [1.82, 2.24) is 19.7 Å². The van der Waals surface area contributed by atoms with E-state index in [0.717, 1.165) is 24.3 Å². The first-order valence-corrected chi connectivity index (χ1v) is 6.99. The smallest absolute Gasteiger partial charge is 0.314 e. The predicted molar refractivity (Wildman–Crippen MR) is 79.2 cm³/mol. The maximum Gasteiger partial charge on any atom is 0.314 e. The molecule has 3 rings (SSSR count). The number of anilines is 1. The zero-order chi connectivity index (χ0) is 14.7. The molecule has 0 bridgehead atoms. The Labute approximate surface area is 122 Å². The molecule has 1 fully saturated rings. The molecule has 2 amide bonds. The van der Waals surface area contributed by atoms with E-state index in [4.69, 9.17) is 5.73 Å². The van der Waals surface area contributed by atoms with Gasteiger partial charge in [0.05, 0.1) is 11.9 Å². The monoisotopic (exact) mass is 286 g/mol. The minimum Gasteiger partial charge on any atom is -0.381 e. The van der Waals surface area contributed by atoms with Crippen LogP contribution in [0.1, 0.15) is 12.8 Å². The van der Waals surface area contributed by atoms with Crippen molar-refractivity contribution in [2.45, 2.75) is 18.9 Å². The molecular weight excluding hydrogens is 268 g/mol. The van der Waals surface area contributed by atoms with Crippen molar-refractivity contribution in [2.24, 2.45) is 5.73 Å². The molecule has 0 unspecified atom stereocenters. The van der Waals surface area contributed by atoms with E-state index in [2.05, 4.69) is 15.4 Å². The molecule has 0 aliphatic carbocycles. The summed E-state index contributed by atoms with van der Waals surface area (Å²) in [6.07, 6.45) is 7.17. The van der Waals surface area contributed by atoms with Crippen molar-refractivity contribution in [3.63, 3.8) is 0 Å². The highest BCUT2D eigenvalue weighted by molar-refractivity contribution is 5.72. The third-order valence-electron chi connectivity index (χ3n) is 3.66. The van der Waals surface area contributed by atoms with Crippen LogP contribution in [0, 0.1) is 0 Å². The van der Waals surface area contributed by atoms with Gasteiger partial charge in [-0.05, 0) is 31.0 Å². The Balaban J connectivity index is 1.58. The van der Waals surface area contributed by atoms with Crippen LogP contribution in [-0.2, 0) is 0 Å². The number of pyridine rings is 1. The Morgan fingerprint density at radius 2 is 2.14 bits per heavy atom. The second kappa shape index (κ2) is 5.82. The van der Waals surface area contributed by atoms with Gasteiger partial charge in [-0.1, -0.05) is 0 Å². The molecular formula is C14H18N6O. The normalized spacial score (nSPS) is 15.9. The largest absolute Gasteiger partial charge is 0.381 e. The Kier molecular flexibility index (Phi) is 3.72. The second-order valence-electron chi connectivity index (χ2n) is 5.10. The zero-order valence-corrected chi connectivity index (χ0v) is 11.6. The van der Waals surface area contributed by atoms with Gasteiger partial charge in [-0.2, -0.15) is 5.10 Å². The fourth-order valence-corrected chi connectivity index (χ4v) is 2.49. The van der Waals surface area contributed by atoms with Crippen molar-refractivity contribution in [1.29, 1.82) is 0 Å². The van der Waals surface area contributed by atoms with Gasteiger partial charge in [-0.15, -0.1) is 0 Å². The highest BCUT2D eigenvalue weighted by Crippen LogP contribution is 2.16. The summed E-state index contributed by atoms with van der Waals surface area (Å²) >= 11 is 0. The van der Waals surface area contributed by atoms with Gasteiger partial charge in [-0.3, -0.25) is 0 Å². The maximum absolute atomic E-state index is 11.1. The number of likely N-dealkylation sites (tertiary alicyclic amines) is 1. The number of nitrogens with zero attached hydrogens (tertiary/aromatic N) is 4. The van der Waals surface area contributed by atoms with Crippen LogP contribution in [0.5, 0.6) is 0 Å². The topological polar surface area (TPSA) is 89.1 Å². The van der Waals surface area contributed by atoms with Gasteiger partial charge >= 0.3 is 6.03 Å². The minimum atomic E-state index is -0.335. The Hall–Kier alpha value is -2.57. The molecule has 21 heavy (non-hydrogen) atoms. The molecule has 0 saturated carbocycles. The summed E-state index contributed by atoms with van der Waals surface area (Å²) < 4.78 is 1.72. The van der Waals surface area contributed by atoms with Crippen LogP contribution >= 0.6 is 0 Å². The first kappa shape index (κ1) is 13.4. The standard InChI is InChI=1S/C14H18N6O/c15-14(21)19-8-4-11(5-9-19)18-12-2-3-13(16-10-12)20-7-1-6-17-20/h1-3,6-7,10-11,18H,4-5,8-9H2,(H2,15,21). The lowest BCUT2D eigenvalue weighted by molar-refractivity contribution is 0.193. The number of hydrogen-bond donors (Lipinski definition) is 2. The van der Waals surface area contributed by atoms with Crippen LogP contribution in [-0.4, -0.2) is 44.8 Å². The highest BCUT2D eigenvalue weighted by atomic mass is 16.2. The van der Waals surface area contributed by atoms with E-state index in [0.29, 0.717) is 19.1 Å². The first-order valence-electron chi connectivity index (χ1n) is 6.99. The lowest BCUT2D eigenvalue weighted by Gasteiger charge is -2.31. The summed E-state index contributed by atoms with van der Waals surface area (Å²) in [6, 6.07) is 5.79. The molecule has 7 nitrogen and oxygen atoms in total. The van der Waals surface area contributed by atoms with Crippen molar-refractivity contribution in [3.05, 3.63) is 36.8 Å². The van der Waals surface area contributed by atoms with E-state index in [1.165, 1.54) is 0 Å². The number of hydrogen-bond acceptors (Lipinski definition) is 4. The Bertz CT molecular complexity index is 586. The van der Waals surface area contributed by atoms with E-state index >= 15 is 0 Å². The number of urea groups is 1. The van der Waals surface area contributed by atoms with Crippen LogP contribution in [0.15, 0.2) is 36.8 Å². The van der Waals surface area contributed by atoms with Crippen molar-refractivity contribution >= 4 is 11.7 Å². The summed E-state index contributed by atoms with van der Waals surface area (Å²) in [4.78, 5) is 17.1. The van der Waals surface area contributed by atoms with Gasteiger partial charge in [0.1, 0.15) is 0 Å². The van der Waals surface area contributed by atoms with Crippen LogP contribution in [0.25, 0.3) is 5.82 Å². The van der Waals surface area contributed by atoms with Crippen LogP contribution in [0.4, 0.5) is 10.5 Å². The molecule has 0 spiro atoms. The first-order chi connectivity index (χ1) is 10.2. The number of piperidine rings is 1. The predicted octanol–water partition coefficient (Wildman–Crippen LogP) is 1.22. The fourth-order valence-electron chi connectivity index (χ4n) is 2.49. The fraction of sp³-hybridized carbons (Fsp3) is 0.357. The number of primary amides is 1. The molecule has 110 valence electrons. The summed E-state index contributed by atoms with van der Waals surface area (Å²) in [7, 11) is 0. The van der Waals surface area contributed by atoms with Crippen molar-refractivity contribution in [3.8, 4) is 5.82 Å². The average Bonchev–Trinajstić information content (AvgIpc) is 3.03. The van der Waals surface area contributed by atoms with Gasteiger partial charge in [0.2, 0.25) is 0 Å². The van der Waals surface area contributed by atoms with Gasteiger partial charge in [0, 0.05) is 31.5 Å². The summed E-state index contributed by atoms with van der Waals surface area (Å²) in [5.41, 5.74) is 6.25. The number of rotatable bonds is 3. The second-order valence-corrected chi connectivity index (χ2v) is 5.10. The SMILES string of the molecule is NC(=O)N1CCC(Nc2ccc(-n3cccn3)nc2)CC1. The lowest BCUT2D eigenvalue weighted by atomic mass is 10.1. The summed E-state index contributed by atoms with van der Waals surface area (Å²) in [6.45, 7) is 1.40. The molecule has 0 atom stereocenters. The molecule has 7 heteroatoms. The highest BCUT2D eigenvalue weighted by Gasteiger charge is 2.20. The number of carbonyl (C=O) groups excluding carboxylic acids is 1. The van der Waals surface area contributed by atoms with Crippen molar-refractivity contribution in [2.75, 3.05) is 18.4 Å². The third kappa shape index (κ3) is 3.13. The van der Waals surface area contributed by atoms with Gasteiger partial charge in [-0.25, -0.2) is 14.5 Å². The molecule has 2 aromatic heterocycles. The summed E-state index contributed by atoms with van der Waals surface area (Å²) in [5, 5.41) is 7.58.